The molecule has 1 unspecified atom stereocenters. The van der Waals surface area contributed by atoms with Crippen molar-refractivity contribution in [2.24, 2.45) is 0 Å². The van der Waals surface area contributed by atoms with E-state index < -0.39 is 0 Å². The Hall–Kier alpha value is -0.930. The molecule has 1 aliphatic rings. The van der Waals surface area contributed by atoms with Crippen LogP contribution in [0.1, 0.15) is 17.4 Å². The summed E-state index contributed by atoms with van der Waals surface area (Å²) in [5.41, 5.74) is 2.27. The van der Waals surface area contributed by atoms with Gasteiger partial charge in [0.1, 0.15) is 6.10 Å². The maximum absolute atomic E-state index is 5.62. The van der Waals surface area contributed by atoms with E-state index in [1.807, 2.05) is 12.3 Å². The van der Waals surface area contributed by atoms with Crippen molar-refractivity contribution in [3.63, 3.8) is 0 Å². The van der Waals surface area contributed by atoms with Gasteiger partial charge in [-0.3, -0.25) is 4.98 Å². The van der Waals surface area contributed by atoms with E-state index in [-0.39, 0.29) is 6.10 Å². The van der Waals surface area contributed by atoms with E-state index in [1.54, 1.807) is 0 Å². The topological polar surface area (TPSA) is 34.2 Å². The van der Waals surface area contributed by atoms with Gasteiger partial charge in [-0.15, -0.1) is 0 Å². The summed E-state index contributed by atoms with van der Waals surface area (Å²) in [5, 5.41) is 3.30. The van der Waals surface area contributed by atoms with Gasteiger partial charge in [-0.2, -0.15) is 0 Å². The van der Waals surface area contributed by atoms with Gasteiger partial charge in [-0.25, -0.2) is 0 Å². The van der Waals surface area contributed by atoms with Gasteiger partial charge >= 0.3 is 0 Å². The maximum atomic E-state index is 5.62. The molecule has 1 atom stereocenters. The molecule has 0 aromatic carbocycles. The highest BCUT2D eigenvalue weighted by atomic mass is 16.5. The molecule has 0 bridgehead atoms. The van der Waals surface area contributed by atoms with E-state index in [2.05, 4.69) is 23.3 Å². The average molecular weight is 178 g/mol. The lowest BCUT2D eigenvalue weighted by molar-refractivity contribution is 0.0246. The molecule has 0 aliphatic carbocycles. The lowest BCUT2D eigenvalue weighted by Crippen LogP contribution is -2.34. The molecule has 1 aromatic heterocycles. The molecular weight excluding hydrogens is 164 g/mol. The minimum absolute atomic E-state index is 0.134. The first-order valence-corrected chi connectivity index (χ1v) is 4.62. The number of nitrogens with zero attached hydrogens (tertiary/aromatic N) is 1. The second kappa shape index (κ2) is 3.85. The molecule has 0 spiro atoms. The molecule has 2 rings (SSSR count). The van der Waals surface area contributed by atoms with E-state index in [0.29, 0.717) is 0 Å². The molecule has 2 heterocycles. The zero-order valence-corrected chi connectivity index (χ0v) is 7.79. The molecular formula is C10H14N2O. The third kappa shape index (κ3) is 1.87. The minimum Gasteiger partial charge on any atom is -0.369 e. The van der Waals surface area contributed by atoms with Gasteiger partial charge in [0.2, 0.25) is 0 Å². The van der Waals surface area contributed by atoms with Crippen LogP contribution >= 0.6 is 0 Å². The Morgan fingerprint density at radius 1 is 1.62 bits per heavy atom. The SMILES string of the molecule is Cc1cccnc1C1CNCCO1. The van der Waals surface area contributed by atoms with Crippen molar-refractivity contribution in [2.75, 3.05) is 19.7 Å². The highest BCUT2D eigenvalue weighted by Gasteiger charge is 2.17. The number of pyridine rings is 1. The average Bonchev–Trinajstić information content (AvgIpc) is 2.20. The lowest BCUT2D eigenvalue weighted by atomic mass is 10.1. The van der Waals surface area contributed by atoms with Crippen LogP contribution in [0.25, 0.3) is 0 Å². The summed E-state index contributed by atoms with van der Waals surface area (Å²) in [6.07, 6.45) is 1.95. The standard InChI is InChI=1S/C10H14N2O/c1-8-3-2-4-12-10(8)9-7-11-5-6-13-9/h2-4,9,11H,5-7H2,1H3. The summed E-state index contributed by atoms with van der Waals surface area (Å²) in [5.74, 6) is 0. The van der Waals surface area contributed by atoms with Crippen molar-refractivity contribution in [2.45, 2.75) is 13.0 Å². The first-order chi connectivity index (χ1) is 6.38. The third-order valence-electron chi connectivity index (χ3n) is 2.28. The Morgan fingerprint density at radius 2 is 2.54 bits per heavy atom. The fourth-order valence-electron chi connectivity index (χ4n) is 1.58. The first kappa shape index (κ1) is 8.66. The third-order valence-corrected chi connectivity index (χ3v) is 2.28. The largest absolute Gasteiger partial charge is 0.369 e. The number of rotatable bonds is 1. The normalized spacial score (nSPS) is 23.0. The molecule has 1 fully saturated rings. The summed E-state index contributed by atoms with van der Waals surface area (Å²) >= 11 is 0. The van der Waals surface area contributed by atoms with Gasteiger partial charge in [0.25, 0.3) is 0 Å². The molecule has 0 radical (unpaired) electrons. The van der Waals surface area contributed by atoms with E-state index in [0.717, 1.165) is 25.4 Å². The monoisotopic (exact) mass is 178 g/mol. The van der Waals surface area contributed by atoms with Crippen molar-refractivity contribution in [1.82, 2.24) is 10.3 Å². The summed E-state index contributed by atoms with van der Waals surface area (Å²) < 4.78 is 5.62. The zero-order valence-electron chi connectivity index (χ0n) is 7.79. The Kier molecular flexibility index (Phi) is 2.57. The summed E-state index contributed by atoms with van der Waals surface area (Å²) in [6.45, 7) is 4.67. The van der Waals surface area contributed by atoms with Crippen molar-refractivity contribution >= 4 is 0 Å². The van der Waals surface area contributed by atoms with Crippen LogP contribution in [0.5, 0.6) is 0 Å². The van der Waals surface area contributed by atoms with Crippen LogP contribution in [0.3, 0.4) is 0 Å². The van der Waals surface area contributed by atoms with Gasteiger partial charge in [-0.05, 0) is 18.6 Å². The molecule has 1 aliphatic heterocycles. The summed E-state index contributed by atoms with van der Waals surface area (Å²) in [7, 11) is 0. The minimum atomic E-state index is 0.134. The van der Waals surface area contributed by atoms with Crippen LogP contribution in [0.15, 0.2) is 18.3 Å². The zero-order chi connectivity index (χ0) is 9.10. The number of aromatic nitrogens is 1. The van der Waals surface area contributed by atoms with Gasteiger partial charge in [0, 0.05) is 19.3 Å². The van der Waals surface area contributed by atoms with Crippen LogP contribution in [0.2, 0.25) is 0 Å². The van der Waals surface area contributed by atoms with Crippen LogP contribution in [-0.2, 0) is 4.74 Å². The van der Waals surface area contributed by atoms with Crippen LogP contribution in [-0.4, -0.2) is 24.7 Å². The fourth-order valence-corrected chi connectivity index (χ4v) is 1.58. The van der Waals surface area contributed by atoms with Crippen LogP contribution in [0.4, 0.5) is 0 Å². The molecule has 1 aromatic rings. The predicted molar refractivity (Wildman–Crippen MR) is 50.5 cm³/mol. The number of hydrogen-bond donors (Lipinski definition) is 1. The second-order valence-electron chi connectivity index (χ2n) is 3.27. The molecule has 70 valence electrons. The quantitative estimate of drug-likeness (QED) is 0.698. The van der Waals surface area contributed by atoms with Crippen molar-refractivity contribution in [3.05, 3.63) is 29.6 Å². The van der Waals surface area contributed by atoms with Crippen molar-refractivity contribution < 1.29 is 4.74 Å². The van der Waals surface area contributed by atoms with Gasteiger partial charge in [0.15, 0.2) is 0 Å². The van der Waals surface area contributed by atoms with E-state index in [1.165, 1.54) is 5.56 Å². The van der Waals surface area contributed by atoms with E-state index in [9.17, 15) is 0 Å². The molecule has 1 N–H and O–H groups in total. The molecule has 3 heteroatoms. The molecule has 0 amide bonds. The van der Waals surface area contributed by atoms with E-state index in [4.69, 9.17) is 4.74 Å². The molecule has 0 saturated carbocycles. The number of morpholine rings is 1. The molecule has 1 saturated heterocycles. The van der Waals surface area contributed by atoms with Crippen LogP contribution < -0.4 is 5.32 Å². The Morgan fingerprint density at radius 3 is 3.23 bits per heavy atom. The van der Waals surface area contributed by atoms with Gasteiger partial charge in [0.05, 0.1) is 12.3 Å². The van der Waals surface area contributed by atoms with E-state index >= 15 is 0 Å². The Labute approximate surface area is 78.1 Å². The van der Waals surface area contributed by atoms with Gasteiger partial charge in [-0.1, -0.05) is 6.07 Å². The summed E-state index contributed by atoms with van der Waals surface area (Å²) in [6, 6.07) is 4.02. The second-order valence-corrected chi connectivity index (χ2v) is 3.27. The maximum Gasteiger partial charge on any atom is 0.112 e. The number of hydrogen-bond acceptors (Lipinski definition) is 3. The number of aryl methyl sites for hydroxylation is 1. The highest BCUT2D eigenvalue weighted by molar-refractivity contribution is 5.20. The van der Waals surface area contributed by atoms with Crippen LogP contribution in [0, 0.1) is 6.92 Å². The molecule has 13 heavy (non-hydrogen) atoms. The Balaban J connectivity index is 2.18. The Bertz CT molecular complexity index is 282. The summed E-state index contributed by atoms with van der Waals surface area (Å²) in [4.78, 5) is 4.34. The molecule has 3 nitrogen and oxygen atoms in total. The fraction of sp³-hybridized carbons (Fsp3) is 0.500. The smallest absolute Gasteiger partial charge is 0.112 e. The highest BCUT2D eigenvalue weighted by Crippen LogP contribution is 2.19. The lowest BCUT2D eigenvalue weighted by Gasteiger charge is -2.24. The van der Waals surface area contributed by atoms with Crippen molar-refractivity contribution in [3.8, 4) is 0 Å². The number of nitrogens with one attached hydrogen (secondary N) is 1. The number of ether oxygens (including phenoxy) is 1. The predicted octanol–water partition coefficient (Wildman–Crippen LogP) is 1.05. The van der Waals surface area contributed by atoms with Crippen molar-refractivity contribution in [1.29, 1.82) is 0 Å². The first-order valence-electron chi connectivity index (χ1n) is 4.62. The van der Waals surface area contributed by atoms with Gasteiger partial charge < -0.3 is 10.1 Å².